The number of aromatic carboxylic acids is 1. The molecule has 2 aromatic heterocycles. The van der Waals surface area contributed by atoms with Gasteiger partial charge in [0.1, 0.15) is 0 Å². The van der Waals surface area contributed by atoms with Gasteiger partial charge in [0.05, 0.1) is 17.0 Å². The Kier molecular flexibility index (Phi) is 4.79. The van der Waals surface area contributed by atoms with E-state index in [0.29, 0.717) is 5.56 Å². The second-order valence-corrected chi connectivity index (χ2v) is 8.46. The second-order valence-electron chi connectivity index (χ2n) is 8.46. The minimum absolute atomic E-state index is 0.152. The molecule has 2 heterocycles. The van der Waals surface area contributed by atoms with Crippen molar-refractivity contribution in [3.8, 4) is 11.3 Å². The molecule has 0 aliphatic heterocycles. The second kappa shape index (κ2) is 7.10. The van der Waals surface area contributed by atoms with Crippen molar-refractivity contribution in [1.82, 2.24) is 14.8 Å². The molecule has 0 saturated heterocycles. The zero-order valence-corrected chi connectivity index (χ0v) is 16.4. The molecule has 4 rings (SSSR count). The maximum atomic E-state index is 12.5. The van der Waals surface area contributed by atoms with E-state index < -0.39 is 5.97 Å². The van der Waals surface area contributed by atoms with Gasteiger partial charge in [0, 0.05) is 29.9 Å². The summed E-state index contributed by atoms with van der Waals surface area (Å²) in [5.74, 6) is -0.854. The lowest BCUT2D eigenvalue weighted by Crippen LogP contribution is -2.30. The zero-order chi connectivity index (χ0) is 19.0. The molecule has 0 bridgehead atoms. The molecule has 1 saturated carbocycles. The lowest BCUT2D eigenvalue weighted by molar-refractivity contribution is 0.0692. The number of rotatable bonds is 3. The molecular weight excluding hydrogens is 338 g/mol. The Hall–Kier alpha value is -2.17. The Morgan fingerprint density at radius 2 is 1.81 bits per heavy atom. The molecule has 2 aliphatic carbocycles. The Bertz CT molecular complexity index is 863. The van der Waals surface area contributed by atoms with Crippen LogP contribution in [0.25, 0.3) is 11.3 Å². The van der Waals surface area contributed by atoms with Gasteiger partial charge in [-0.15, -0.1) is 0 Å². The van der Waals surface area contributed by atoms with Gasteiger partial charge in [-0.05, 0) is 50.2 Å². The molecule has 27 heavy (non-hydrogen) atoms. The summed E-state index contributed by atoms with van der Waals surface area (Å²) in [7, 11) is 1.90. The van der Waals surface area contributed by atoms with Crippen molar-refractivity contribution in [2.45, 2.75) is 76.5 Å². The Labute approximate surface area is 160 Å². The Morgan fingerprint density at radius 1 is 1.11 bits per heavy atom. The number of fused-ring (bicyclic) bond motifs is 1. The highest BCUT2D eigenvalue weighted by atomic mass is 16.4. The highest BCUT2D eigenvalue weighted by molar-refractivity contribution is 5.98. The minimum Gasteiger partial charge on any atom is -0.478 e. The van der Waals surface area contributed by atoms with Crippen molar-refractivity contribution >= 4 is 5.97 Å². The first kappa shape index (κ1) is 18.2. The predicted octanol–water partition coefficient (Wildman–Crippen LogP) is 4.67. The number of nitrogens with zero attached hydrogens (tertiary/aromatic N) is 3. The summed E-state index contributed by atoms with van der Waals surface area (Å²) in [6.07, 6.45) is 12.6. The maximum Gasteiger partial charge on any atom is 0.338 e. The van der Waals surface area contributed by atoms with E-state index in [9.17, 15) is 9.90 Å². The van der Waals surface area contributed by atoms with Crippen molar-refractivity contribution in [2.24, 2.45) is 7.05 Å². The van der Waals surface area contributed by atoms with E-state index in [1.165, 1.54) is 12.8 Å². The van der Waals surface area contributed by atoms with Gasteiger partial charge >= 0.3 is 5.97 Å². The van der Waals surface area contributed by atoms with Crippen molar-refractivity contribution < 1.29 is 9.90 Å². The third-order valence-corrected chi connectivity index (χ3v) is 6.54. The van der Waals surface area contributed by atoms with Gasteiger partial charge in [0.25, 0.3) is 0 Å². The Balaban J connectivity index is 2.04. The summed E-state index contributed by atoms with van der Waals surface area (Å²) in [6, 6.07) is 1.94. The van der Waals surface area contributed by atoms with E-state index in [2.05, 4.69) is 12.0 Å². The fraction of sp³-hybridized carbons (Fsp3) is 0.591. The highest BCUT2D eigenvalue weighted by Gasteiger charge is 2.37. The quantitative estimate of drug-likeness (QED) is 0.801. The number of carboxylic acids is 1. The summed E-state index contributed by atoms with van der Waals surface area (Å²) in [4.78, 5) is 17.6. The third-order valence-electron chi connectivity index (χ3n) is 6.54. The summed E-state index contributed by atoms with van der Waals surface area (Å²) in [6.45, 7) is 2.22. The monoisotopic (exact) mass is 367 g/mol. The van der Waals surface area contributed by atoms with Crippen molar-refractivity contribution in [2.75, 3.05) is 0 Å². The molecule has 0 atom stereocenters. The summed E-state index contributed by atoms with van der Waals surface area (Å²) in [5, 5.41) is 14.6. The molecule has 1 fully saturated rings. The number of pyridine rings is 1. The molecule has 0 aromatic carbocycles. The van der Waals surface area contributed by atoms with Crippen LogP contribution in [0.5, 0.6) is 0 Å². The molecule has 0 unspecified atom stereocenters. The van der Waals surface area contributed by atoms with E-state index in [-0.39, 0.29) is 5.41 Å². The number of aromatic nitrogens is 3. The van der Waals surface area contributed by atoms with Crippen LogP contribution in [0.2, 0.25) is 0 Å². The van der Waals surface area contributed by atoms with Crippen LogP contribution in [0.4, 0.5) is 0 Å². The van der Waals surface area contributed by atoms with Crippen LogP contribution in [-0.4, -0.2) is 25.8 Å². The van der Waals surface area contributed by atoms with Crippen LogP contribution < -0.4 is 0 Å². The smallest absolute Gasteiger partial charge is 0.338 e. The van der Waals surface area contributed by atoms with Crippen LogP contribution in [-0.2, 0) is 25.3 Å². The largest absolute Gasteiger partial charge is 0.478 e. The van der Waals surface area contributed by atoms with Gasteiger partial charge < -0.3 is 5.11 Å². The maximum absolute atomic E-state index is 12.5. The van der Waals surface area contributed by atoms with E-state index >= 15 is 0 Å². The molecule has 2 aromatic rings. The first-order valence-corrected chi connectivity index (χ1v) is 10.3. The number of aryl methyl sites for hydroxylation is 2. The van der Waals surface area contributed by atoms with E-state index in [1.54, 1.807) is 10.9 Å². The van der Waals surface area contributed by atoms with E-state index in [0.717, 1.165) is 79.6 Å². The minimum atomic E-state index is -0.854. The molecule has 1 N–H and O–H groups in total. The fourth-order valence-electron chi connectivity index (χ4n) is 5.03. The number of hydrogen-bond donors (Lipinski definition) is 1. The molecule has 144 valence electrons. The molecular formula is C22H29N3O2. The van der Waals surface area contributed by atoms with Gasteiger partial charge in [-0.2, -0.15) is 5.10 Å². The number of hydrogen-bond acceptors (Lipinski definition) is 3. The third kappa shape index (κ3) is 3.17. The normalized spacial score (nSPS) is 19.3. The first-order valence-electron chi connectivity index (χ1n) is 10.3. The van der Waals surface area contributed by atoms with Crippen molar-refractivity contribution in [3.63, 3.8) is 0 Å². The summed E-state index contributed by atoms with van der Waals surface area (Å²) >= 11 is 0. The molecule has 5 heteroatoms. The van der Waals surface area contributed by atoms with Crippen LogP contribution in [0.3, 0.4) is 0 Å². The average Bonchev–Trinajstić information content (AvgIpc) is 2.92. The average molecular weight is 367 g/mol. The van der Waals surface area contributed by atoms with Crippen LogP contribution in [0.1, 0.15) is 85.6 Å². The van der Waals surface area contributed by atoms with Crippen LogP contribution >= 0.6 is 0 Å². The van der Waals surface area contributed by atoms with Gasteiger partial charge in [-0.1, -0.05) is 32.6 Å². The van der Waals surface area contributed by atoms with Gasteiger partial charge in [0.2, 0.25) is 0 Å². The molecule has 0 radical (unpaired) electrons. The van der Waals surface area contributed by atoms with Gasteiger partial charge in [-0.25, -0.2) is 4.79 Å². The first-order chi connectivity index (χ1) is 13.0. The van der Waals surface area contributed by atoms with Crippen molar-refractivity contribution in [1.29, 1.82) is 0 Å². The van der Waals surface area contributed by atoms with Crippen molar-refractivity contribution in [3.05, 3.63) is 34.8 Å². The lowest BCUT2D eigenvalue weighted by Gasteiger charge is -2.35. The Morgan fingerprint density at radius 3 is 2.48 bits per heavy atom. The lowest BCUT2D eigenvalue weighted by atomic mass is 9.71. The van der Waals surface area contributed by atoms with E-state index in [1.807, 2.05) is 13.1 Å². The standard InChI is InChI=1S/C22H29N3O2/c1-22(12-7-4-8-13-22)20-19(21(26)27)18(17-11-14-23-25(17)2)15-9-5-3-6-10-16(15)24-20/h11,14H,3-10,12-13H2,1-2H3,(H,26,27). The fourth-order valence-corrected chi connectivity index (χ4v) is 5.03. The van der Waals surface area contributed by atoms with E-state index in [4.69, 9.17) is 4.98 Å². The highest BCUT2D eigenvalue weighted by Crippen LogP contribution is 2.44. The van der Waals surface area contributed by atoms with Gasteiger partial charge in [-0.3, -0.25) is 9.67 Å². The predicted molar refractivity (Wildman–Crippen MR) is 105 cm³/mol. The van der Waals surface area contributed by atoms with Crippen LogP contribution in [0, 0.1) is 0 Å². The SMILES string of the molecule is Cn1nccc1-c1c2c(nc(C3(C)CCCCC3)c1C(=O)O)CCCCC2. The number of carboxylic acid groups (broad SMARTS) is 1. The van der Waals surface area contributed by atoms with Crippen LogP contribution in [0.15, 0.2) is 12.3 Å². The summed E-state index contributed by atoms with van der Waals surface area (Å²) < 4.78 is 1.81. The zero-order valence-electron chi connectivity index (χ0n) is 16.4. The number of carbonyl (C=O) groups is 1. The molecule has 5 nitrogen and oxygen atoms in total. The topological polar surface area (TPSA) is 68.0 Å². The molecule has 0 amide bonds. The molecule has 2 aliphatic rings. The van der Waals surface area contributed by atoms with Gasteiger partial charge in [0.15, 0.2) is 0 Å². The summed E-state index contributed by atoms with van der Waals surface area (Å²) in [5.41, 5.74) is 5.10. The molecule has 0 spiro atoms.